The summed E-state index contributed by atoms with van der Waals surface area (Å²) in [6.07, 6.45) is 0. The molecule has 0 saturated carbocycles. The Morgan fingerprint density at radius 3 is 2.80 bits per heavy atom. The number of hydrogen-bond donors (Lipinski definition) is 0. The van der Waals surface area contributed by atoms with Crippen molar-refractivity contribution in [2.75, 3.05) is 0 Å². The van der Waals surface area contributed by atoms with Crippen LogP contribution in [-0.4, -0.2) is 4.98 Å². The zero-order valence-corrected chi connectivity index (χ0v) is 5.43. The number of rotatable bonds is 0. The molecule has 0 aliphatic carbocycles. The number of nitrogens with zero attached hydrogens (tertiary/aromatic N) is 2. The summed E-state index contributed by atoms with van der Waals surface area (Å²) in [4.78, 5) is 3.46. The Kier molecular flexibility index (Phi) is 1.63. The lowest BCUT2D eigenvalue weighted by Crippen LogP contribution is -1.87. The zero-order chi connectivity index (χ0) is 7.56. The van der Waals surface area contributed by atoms with Gasteiger partial charge in [0.1, 0.15) is 0 Å². The van der Waals surface area contributed by atoms with E-state index < -0.39 is 5.95 Å². The maximum absolute atomic E-state index is 12.4. The van der Waals surface area contributed by atoms with E-state index in [0.29, 0.717) is 11.3 Å². The van der Waals surface area contributed by atoms with E-state index in [1.54, 1.807) is 6.92 Å². The molecule has 0 atom stereocenters. The van der Waals surface area contributed by atoms with E-state index in [2.05, 4.69) is 4.98 Å². The molecule has 50 valence electrons. The lowest BCUT2D eigenvalue weighted by atomic mass is 10.2. The molecule has 0 unspecified atom stereocenters. The van der Waals surface area contributed by atoms with E-state index in [9.17, 15) is 4.39 Å². The van der Waals surface area contributed by atoms with Gasteiger partial charge in [-0.25, -0.2) is 4.98 Å². The van der Waals surface area contributed by atoms with Crippen molar-refractivity contribution in [2.45, 2.75) is 6.92 Å². The van der Waals surface area contributed by atoms with E-state index in [-0.39, 0.29) is 0 Å². The molecule has 2 nitrogen and oxygen atoms in total. The topological polar surface area (TPSA) is 36.7 Å². The summed E-state index contributed by atoms with van der Waals surface area (Å²) in [5.74, 6) is -0.600. The number of aromatic nitrogens is 1. The summed E-state index contributed by atoms with van der Waals surface area (Å²) in [6, 6.07) is 4.46. The third kappa shape index (κ3) is 1.29. The average molecular weight is 136 g/mol. The molecule has 0 fully saturated rings. The van der Waals surface area contributed by atoms with Crippen molar-refractivity contribution in [1.82, 2.24) is 4.98 Å². The molecule has 0 spiro atoms. The van der Waals surface area contributed by atoms with Gasteiger partial charge in [-0.15, -0.1) is 0 Å². The van der Waals surface area contributed by atoms with Crippen LogP contribution >= 0.6 is 0 Å². The quantitative estimate of drug-likeness (QED) is 0.505. The highest BCUT2D eigenvalue weighted by molar-refractivity contribution is 5.28. The van der Waals surface area contributed by atoms with Crippen LogP contribution in [0.3, 0.4) is 0 Å². The van der Waals surface area contributed by atoms with Gasteiger partial charge in [-0.3, -0.25) is 0 Å². The monoisotopic (exact) mass is 136 g/mol. The molecule has 0 amide bonds. The van der Waals surface area contributed by atoms with Crippen LogP contribution in [0.4, 0.5) is 4.39 Å². The Hall–Kier alpha value is -1.43. The molecule has 1 rings (SSSR count). The summed E-state index contributed by atoms with van der Waals surface area (Å²) >= 11 is 0. The van der Waals surface area contributed by atoms with Crippen molar-refractivity contribution in [3.63, 3.8) is 0 Å². The molecule has 1 heterocycles. The Morgan fingerprint density at radius 2 is 2.30 bits per heavy atom. The van der Waals surface area contributed by atoms with E-state index >= 15 is 0 Å². The van der Waals surface area contributed by atoms with Crippen LogP contribution in [0, 0.1) is 24.2 Å². The largest absolute Gasteiger partial charge is 0.225 e. The molecule has 1 aromatic heterocycles. The molecule has 0 N–H and O–H groups in total. The second-order valence-corrected chi connectivity index (χ2v) is 1.93. The lowest BCUT2D eigenvalue weighted by Gasteiger charge is -1.91. The number of halogens is 1. The maximum Gasteiger partial charge on any atom is 0.214 e. The van der Waals surface area contributed by atoms with Crippen molar-refractivity contribution in [3.05, 3.63) is 29.3 Å². The fourth-order valence-electron chi connectivity index (χ4n) is 0.693. The van der Waals surface area contributed by atoms with Crippen LogP contribution in [-0.2, 0) is 0 Å². The summed E-state index contributed by atoms with van der Waals surface area (Å²) in [7, 11) is 0. The van der Waals surface area contributed by atoms with Gasteiger partial charge in [0.05, 0.1) is 11.6 Å². The molecule has 0 aliphatic rings. The highest BCUT2D eigenvalue weighted by Gasteiger charge is 1.96. The van der Waals surface area contributed by atoms with Crippen molar-refractivity contribution in [1.29, 1.82) is 5.26 Å². The van der Waals surface area contributed by atoms with Crippen molar-refractivity contribution in [3.8, 4) is 6.07 Å². The Balaban J connectivity index is 3.22. The van der Waals surface area contributed by atoms with E-state index in [0.717, 1.165) is 6.07 Å². The van der Waals surface area contributed by atoms with Gasteiger partial charge < -0.3 is 0 Å². The van der Waals surface area contributed by atoms with Crippen LogP contribution < -0.4 is 0 Å². The Bertz CT molecular complexity index is 268. The zero-order valence-electron chi connectivity index (χ0n) is 5.43. The van der Waals surface area contributed by atoms with Crippen LogP contribution in [0.25, 0.3) is 0 Å². The minimum Gasteiger partial charge on any atom is -0.225 e. The van der Waals surface area contributed by atoms with E-state index in [1.807, 2.05) is 6.07 Å². The fourth-order valence-corrected chi connectivity index (χ4v) is 0.693. The summed E-state index contributed by atoms with van der Waals surface area (Å²) in [5.41, 5.74) is 0.835. The van der Waals surface area contributed by atoms with E-state index in [1.165, 1.54) is 6.07 Å². The summed E-state index contributed by atoms with van der Waals surface area (Å²) < 4.78 is 12.4. The maximum atomic E-state index is 12.4. The Labute approximate surface area is 57.9 Å². The minimum atomic E-state index is -0.600. The minimum absolute atomic E-state index is 0.310. The molecule has 0 aliphatic heterocycles. The smallest absolute Gasteiger partial charge is 0.214 e. The number of aryl methyl sites for hydroxylation is 1. The Morgan fingerprint density at radius 1 is 1.60 bits per heavy atom. The molecule has 0 bridgehead atoms. The molecule has 0 saturated heterocycles. The second kappa shape index (κ2) is 2.44. The van der Waals surface area contributed by atoms with Crippen LogP contribution in [0.5, 0.6) is 0 Å². The molecule has 0 aromatic carbocycles. The number of nitriles is 1. The second-order valence-electron chi connectivity index (χ2n) is 1.93. The van der Waals surface area contributed by atoms with Crippen LogP contribution in [0.15, 0.2) is 12.1 Å². The highest BCUT2D eigenvalue weighted by Crippen LogP contribution is 2.01. The van der Waals surface area contributed by atoms with Crippen molar-refractivity contribution < 1.29 is 4.39 Å². The van der Waals surface area contributed by atoms with Crippen molar-refractivity contribution >= 4 is 0 Å². The van der Waals surface area contributed by atoms with Gasteiger partial charge >= 0.3 is 0 Å². The summed E-state index contributed by atoms with van der Waals surface area (Å²) in [6.45, 7) is 1.64. The van der Waals surface area contributed by atoms with Gasteiger partial charge in [0, 0.05) is 11.8 Å². The van der Waals surface area contributed by atoms with Gasteiger partial charge in [-0.2, -0.15) is 9.65 Å². The molecule has 3 heteroatoms. The predicted molar refractivity (Wildman–Crippen MR) is 33.6 cm³/mol. The van der Waals surface area contributed by atoms with Crippen LogP contribution in [0.1, 0.15) is 11.3 Å². The predicted octanol–water partition coefficient (Wildman–Crippen LogP) is 1.40. The standard InChI is InChI=1S/C7H5FN2/c1-5-2-6(4-9)3-7(8)10-5/h2-3H,1H3. The lowest BCUT2D eigenvalue weighted by molar-refractivity contribution is 0.579. The SMILES string of the molecule is Cc1cc(C#N)cc(F)n1. The first-order valence-corrected chi connectivity index (χ1v) is 2.76. The summed E-state index contributed by atoms with van der Waals surface area (Å²) in [5, 5.41) is 8.34. The first-order valence-electron chi connectivity index (χ1n) is 2.76. The third-order valence-corrected chi connectivity index (χ3v) is 1.05. The highest BCUT2D eigenvalue weighted by atomic mass is 19.1. The molecule has 0 radical (unpaired) electrons. The van der Waals surface area contributed by atoms with Gasteiger partial charge in [-0.05, 0) is 13.0 Å². The molecule has 1 aromatic rings. The van der Waals surface area contributed by atoms with Crippen LogP contribution in [0.2, 0.25) is 0 Å². The number of hydrogen-bond acceptors (Lipinski definition) is 2. The van der Waals surface area contributed by atoms with Gasteiger partial charge in [0.25, 0.3) is 0 Å². The van der Waals surface area contributed by atoms with Gasteiger partial charge in [0.2, 0.25) is 5.95 Å². The normalized spacial score (nSPS) is 8.90. The first kappa shape index (κ1) is 6.69. The molecular formula is C7H5FN2. The third-order valence-electron chi connectivity index (χ3n) is 1.05. The van der Waals surface area contributed by atoms with E-state index in [4.69, 9.17) is 5.26 Å². The van der Waals surface area contributed by atoms with Gasteiger partial charge in [-0.1, -0.05) is 0 Å². The molecular weight excluding hydrogens is 131 g/mol. The average Bonchev–Trinajstić information content (AvgIpc) is 1.85. The fraction of sp³-hybridized carbons (Fsp3) is 0.143. The molecule has 10 heavy (non-hydrogen) atoms. The van der Waals surface area contributed by atoms with Crippen molar-refractivity contribution in [2.24, 2.45) is 0 Å². The first-order chi connectivity index (χ1) is 4.72. The number of pyridine rings is 1. The van der Waals surface area contributed by atoms with Gasteiger partial charge in [0.15, 0.2) is 0 Å².